The Bertz CT molecular complexity index is 929. The number of hydrogen-bond donors (Lipinski definition) is 1. The van der Waals surface area contributed by atoms with Gasteiger partial charge in [-0.2, -0.15) is 8.78 Å². The number of alkyl halides is 2. The SMILES string of the molecule is CCCOc1ccc(-c2csc(NC(=O)c3cccc(OC(F)F)c3)n2)cc1. The Balaban J connectivity index is 1.66. The van der Waals surface area contributed by atoms with E-state index in [9.17, 15) is 13.6 Å². The lowest BCUT2D eigenvalue weighted by Gasteiger charge is -2.06. The monoisotopic (exact) mass is 404 g/mol. The van der Waals surface area contributed by atoms with Crippen molar-refractivity contribution in [2.45, 2.75) is 20.0 Å². The number of carbonyl (C=O) groups excluding carboxylic acids is 1. The second-order valence-corrected chi connectivity index (χ2v) is 6.63. The van der Waals surface area contributed by atoms with E-state index in [-0.39, 0.29) is 11.3 Å². The van der Waals surface area contributed by atoms with Gasteiger partial charge in [0.15, 0.2) is 5.13 Å². The molecule has 28 heavy (non-hydrogen) atoms. The lowest BCUT2D eigenvalue weighted by Crippen LogP contribution is -2.12. The van der Waals surface area contributed by atoms with E-state index in [0.29, 0.717) is 11.7 Å². The fraction of sp³-hybridized carbons (Fsp3) is 0.200. The molecule has 2 aromatic carbocycles. The van der Waals surface area contributed by atoms with Crippen molar-refractivity contribution in [1.82, 2.24) is 4.98 Å². The zero-order chi connectivity index (χ0) is 19.9. The van der Waals surface area contributed by atoms with Crippen molar-refractivity contribution in [2.24, 2.45) is 0 Å². The van der Waals surface area contributed by atoms with Gasteiger partial charge in [-0.05, 0) is 48.9 Å². The first-order valence-electron chi connectivity index (χ1n) is 8.60. The summed E-state index contributed by atoms with van der Waals surface area (Å²) >= 11 is 1.27. The molecule has 0 fully saturated rings. The van der Waals surface area contributed by atoms with E-state index in [2.05, 4.69) is 15.0 Å². The number of nitrogens with zero attached hydrogens (tertiary/aromatic N) is 1. The van der Waals surface area contributed by atoms with Gasteiger partial charge < -0.3 is 9.47 Å². The molecule has 5 nitrogen and oxygen atoms in total. The number of ether oxygens (including phenoxy) is 2. The normalized spacial score (nSPS) is 10.7. The molecule has 3 aromatic rings. The van der Waals surface area contributed by atoms with E-state index >= 15 is 0 Å². The molecule has 0 bridgehead atoms. The van der Waals surface area contributed by atoms with Crippen LogP contribution in [0.1, 0.15) is 23.7 Å². The van der Waals surface area contributed by atoms with Crippen molar-refractivity contribution >= 4 is 22.4 Å². The highest BCUT2D eigenvalue weighted by molar-refractivity contribution is 7.14. The van der Waals surface area contributed by atoms with Crippen LogP contribution in [0.3, 0.4) is 0 Å². The summed E-state index contributed by atoms with van der Waals surface area (Å²) in [6.45, 7) is -0.240. The molecule has 0 saturated heterocycles. The van der Waals surface area contributed by atoms with Crippen LogP contribution in [-0.4, -0.2) is 24.1 Å². The second-order valence-electron chi connectivity index (χ2n) is 5.77. The molecule has 0 aliphatic carbocycles. The minimum Gasteiger partial charge on any atom is -0.494 e. The maximum absolute atomic E-state index is 12.3. The highest BCUT2D eigenvalue weighted by Crippen LogP contribution is 2.27. The van der Waals surface area contributed by atoms with Crippen LogP contribution in [0.15, 0.2) is 53.9 Å². The molecular formula is C20H18F2N2O3S. The third kappa shape index (κ3) is 5.26. The largest absolute Gasteiger partial charge is 0.494 e. The fourth-order valence-electron chi connectivity index (χ4n) is 2.39. The maximum Gasteiger partial charge on any atom is 0.387 e. The molecule has 0 atom stereocenters. The van der Waals surface area contributed by atoms with Crippen molar-refractivity contribution in [3.05, 3.63) is 59.5 Å². The number of anilines is 1. The molecular weight excluding hydrogens is 386 g/mol. The summed E-state index contributed by atoms with van der Waals surface area (Å²) in [5, 5.41) is 4.90. The lowest BCUT2D eigenvalue weighted by atomic mass is 10.2. The number of benzene rings is 2. The first-order chi connectivity index (χ1) is 13.5. The first kappa shape index (κ1) is 19.8. The molecule has 1 aromatic heterocycles. The minimum absolute atomic E-state index is 0.0761. The number of aromatic nitrogens is 1. The lowest BCUT2D eigenvalue weighted by molar-refractivity contribution is -0.0498. The van der Waals surface area contributed by atoms with Crippen molar-refractivity contribution in [1.29, 1.82) is 0 Å². The molecule has 0 spiro atoms. The van der Waals surface area contributed by atoms with Crippen LogP contribution in [-0.2, 0) is 0 Å². The Morgan fingerprint density at radius 1 is 1.18 bits per heavy atom. The molecule has 0 aliphatic heterocycles. The molecule has 1 N–H and O–H groups in total. The fourth-order valence-corrected chi connectivity index (χ4v) is 3.10. The second kappa shape index (κ2) is 9.27. The number of carbonyl (C=O) groups is 1. The number of thiazole rings is 1. The van der Waals surface area contributed by atoms with Crippen LogP contribution in [0.25, 0.3) is 11.3 Å². The van der Waals surface area contributed by atoms with Gasteiger partial charge in [0, 0.05) is 16.5 Å². The van der Waals surface area contributed by atoms with Gasteiger partial charge in [-0.15, -0.1) is 11.3 Å². The quantitative estimate of drug-likeness (QED) is 0.542. The Morgan fingerprint density at radius 3 is 2.68 bits per heavy atom. The zero-order valence-electron chi connectivity index (χ0n) is 15.0. The summed E-state index contributed by atoms with van der Waals surface area (Å²) in [5.74, 6) is 0.261. The number of amides is 1. The number of rotatable bonds is 8. The van der Waals surface area contributed by atoms with Crippen LogP contribution in [0, 0.1) is 0 Å². The van der Waals surface area contributed by atoms with Gasteiger partial charge in [0.1, 0.15) is 11.5 Å². The van der Waals surface area contributed by atoms with Crippen molar-refractivity contribution in [2.75, 3.05) is 11.9 Å². The van der Waals surface area contributed by atoms with Gasteiger partial charge in [-0.3, -0.25) is 10.1 Å². The summed E-state index contributed by atoms with van der Waals surface area (Å²) in [6.07, 6.45) is 0.939. The van der Waals surface area contributed by atoms with Gasteiger partial charge in [-0.1, -0.05) is 13.0 Å². The highest BCUT2D eigenvalue weighted by atomic mass is 32.1. The van der Waals surface area contributed by atoms with Gasteiger partial charge in [0.05, 0.1) is 12.3 Å². The van der Waals surface area contributed by atoms with Crippen molar-refractivity contribution < 1.29 is 23.0 Å². The van der Waals surface area contributed by atoms with Crippen molar-refractivity contribution in [3.63, 3.8) is 0 Å². The Kier molecular flexibility index (Phi) is 6.54. The smallest absolute Gasteiger partial charge is 0.387 e. The summed E-state index contributed by atoms with van der Waals surface area (Å²) in [5.41, 5.74) is 1.82. The molecule has 146 valence electrons. The third-order valence-electron chi connectivity index (χ3n) is 3.67. The number of nitrogens with one attached hydrogen (secondary N) is 1. The third-order valence-corrected chi connectivity index (χ3v) is 4.43. The van der Waals surface area contributed by atoms with E-state index in [1.165, 1.54) is 35.6 Å². The summed E-state index contributed by atoms with van der Waals surface area (Å²) < 4.78 is 34.5. The minimum atomic E-state index is -2.95. The standard InChI is InChI=1S/C20H18F2N2O3S/c1-2-10-26-15-8-6-13(7-9-15)17-12-28-20(23-17)24-18(25)14-4-3-5-16(11-14)27-19(21)22/h3-9,11-12,19H,2,10H2,1H3,(H,23,24,25). The van der Waals surface area contributed by atoms with E-state index < -0.39 is 12.5 Å². The van der Waals surface area contributed by atoms with Crippen LogP contribution in [0.4, 0.5) is 13.9 Å². The average molecular weight is 404 g/mol. The predicted molar refractivity (Wildman–Crippen MR) is 104 cm³/mol. The van der Waals surface area contributed by atoms with E-state index in [4.69, 9.17) is 4.74 Å². The molecule has 1 heterocycles. The molecule has 0 saturated carbocycles. The van der Waals surface area contributed by atoms with E-state index in [0.717, 1.165) is 23.4 Å². The summed E-state index contributed by atoms with van der Waals surface area (Å²) in [6, 6.07) is 13.1. The average Bonchev–Trinajstić information content (AvgIpc) is 3.15. The van der Waals surface area contributed by atoms with Gasteiger partial charge in [-0.25, -0.2) is 4.98 Å². The Hall–Kier alpha value is -3.00. The molecule has 8 heteroatoms. The topological polar surface area (TPSA) is 60.5 Å². The van der Waals surface area contributed by atoms with E-state index in [1.54, 1.807) is 0 Å². The molecule has 0 unspecified atom stereocenters. The predicted octanol–water partition coefficient (Wildman–Crippen LogP) is 5.45. The highest BCUT2D eigenvalue weighted by Gasteiger charge is 2.12. The van der Waals surface area contributed by atoms with Crippen LogP contribution < -0.4 is 14.8 Å². The van der Waals surface area contributed by atoms with Crippen LogP contribution in [0.2, 0.25) is 0 Å². The summed E-state index contributed by atoms with van der Waals surface area (Å²) in [4.78, 5) is 16.7. The maximum atomic E-state index is 12.3. The van der Waals surface area contributed by atoms with Crippen LogP contribution >= 0.6 is 11.3 Å². The van der Waals surface area contributed by atoms with E-state index in [1.807, 2.05) is 36.6 Å². The first-order valence-corrected chi connectivity index (χ1v) is 9.48. The van der Waals surface area contributed by atoms with Crippen LogP contribution in [0.5, 0.6) is 11.5 Å². The van der Waals surface area contributed by atoms with Gasteiger partial charge in [0.2, 0.25) is 0 Å². The Morgan fingerprint density at radius 2 is 1.96 bits per heavy atom. The Labute approximate surface area is 164 Å². The molecule has 0 radical (unpaired) electrons. The zero-order valence-corrected chi connectivity index (χ0v) is 15.8. The molecule has 1 amide bonds. The number of hydrogen-bond acceptors (Lipinski definition) is 5. The van der Waals surface area contributed by atoms with Gasteiger partial charge >= 0.3 is 6.61 Å². The summed E-state index contributed by atoms with van der Waals surface area (Å²) in [7, 11) is 0. The van der Waals surface area contributed by atoms with Gasteiger partial charge in [0.25, 0.3) is 5.91 Å². The number of halogens is 2. The molecule has 0 aliphatic rings. The molecule has 3 rings (SSSR count). The van der Waals surface area contributed by atoms with Crippen molar-refractivity contribution in [3.8, 4) is 22.8 Å².